The number of halogens is 1. The zero-order chi connectivity index (χ0) is 16.8. The Morgan fingerprint density at radius 3 is 2.70 bits per heavy atom. The number of carbonyl (C=O) groups is 1. The van der Waals surface area contributed by atoms with Crippen molar-refractivity contribution in [2.75, 3.05) is 32.6 Å². The molecule has 1 amide bonds. The Morgan fingerprint density at radius 2 is 2.00 bits per heavy atom. The van der Waals surface area contributed by atoms with Gasteiger partial charge in [0, 0.05) is 22.8 Å². The second-order valence-electron chi connectivity index (χ2n) is 5.60. The van der Waals surface area contributed by atoms with Crippen molar-refractivity contribution in [1.82, 2.24) is 4.90 Å². The number of ether oxygens (including phenoxy) is 1. The fourth-order valence-corrected chi connectivity index (χ4v) is 2.12. The summed E-state index contributed by atoms with van der Waals surface area (Å²) in [5.41, 5.74) is 2.20. The van der Waals surface area contributed by atoms with Crippen LogP contribution in [0, 0.1) is 6.92 Å². The van der Waals surface area contributed by atoms with Gasteiger partial charge >= 0.3 is 0 Å². The molecule has 0 heterocycles. The summed E-state index contributed by atoms with van der Waals surface area (Å²) in [5.74, 6) is 0.511. The minimum Gasteiger partial charge on any atom is -0.492 e. The fourth-order valence-electron chi connectivity index (χ4n) is 2.00. The van der Waals surface area contributed by atoms with E-state index in [1.807, 2.05) is 44.1 Å². The van der Waals surface area contributed by atoms with Gasteiger partial charge in [0.05, 0.1) is 0 Å². The van der Waals surface area contributed by atoms with E-state index in [9.17, 15) is 4.79 Å². The van der Waals surface area contributed by atoms with E-state index in [0.717, 1.165) is 17.8 Å². The number of nitrogens with one attached hydrogen (secondary N) is 1. The maximum Gasteiger partial charge on any atom is 0.255 e. The van der Waals surface area contributed by atoms with Gasteiger partial charge in [-0.25, -0.2) is 0 Å². The fraction of sp³-hybridized carbons (Fsp3) is 0.278. The van der Waals surface area contributed by atoms with Crippen molar-refractivity contribution < 1.29 is 9.53 Å². The third-order valence-corrected chi connectivity index (χ3v) is 3.74. The first-order chi connectivity index (χ1) is 11.0. The summed E-state index contributed by atoms with van der Waals surface area (Å²) in [6, 6.07) is 12.6. The summed E-state index contributed by atoms with van der Waals surface area (Å²) in [6.07, 6.45) is 0. The highest BCUT2D eigenvalue weighted by atomic mass is 35.5. The molecule has 0 unspecified atom stereocenters. The van der Waals surface area contributed by atoms with Gasteiger partial charge in [-0.2, -0.15) is 0 Å². The predicted octanol–water partition coefficient (Wildman–Crippen LogP) is 3.84. The first-order valence-electron chi connectivity index (χ1n) is 7.41. The Bertz CT molecular complexity index is 686. The van der Waals surface area contributed by atoms with Gasteiger partial charge in [0.1, 0.15) is 12.4 Å². The lowest BCUT2D eigenvalue weighted by atomic mass is 10.2. The number of hydrogen-bond donors (Lipinski definition) is 1. The van der Waals surface area contributed by atoms with Crippen molar-refractivity contribution in [3.05, 3.63) is 58.6 Å². The van der Waals surface area contributed by atoms with Crippen LogP contribution in [0.1, 0.15) is 15.9 Å². The third-order valence-electron chi connectivity index (χ3n) is 3.32. The number of amides is 1. The summed E-state index contributed by atoms with van der Waals surface area (Å²) in [5, 5.41) is 3.55. The highest BCUT2D eigenvalue weighted by Gasteiger charge is 2.08. The van der Waals surface area contributed by atoms with Crippen molar-refractivity contribution in [3.63, 3.8) is 0 Å². The average Bonchev–Trinajstić information content (AvgIpc) is 2.51. The van der Waals surface area contributed by atoms with E-state index >= 15 is 0 Å². The van der Waals surface area contributed by atoms with Crippen LogP contribution in [0.5, 0.6) is 5.75 Å². The maximum atomic E-state index is 12.3. The molecule has 0 bridgehead atoms. The zero-order valence-electron chi connectivity index (χ0n) is 13.6. The van der Waals surface area contributed by atoms with Crippen molar-refractivity contribution >= 4 is 23.2 Å². The molecule has 0 radical (unpaired) electrons. The van der Waals surface area contributed by atoms with Crippen LogP contribution in [0.4, 0.5) is 5.69 Å². The Balaban J connectivity index is 2.02. The van der Waals surface area contributed by atoms with Crippen LogP contribution in [0.2, 0.25) is 5.02 Å². The number of nitrogens with zero attached hydrogens (tertiary/aromatic N) is 1. The van der Waals surface area contributed by atoms with Crippen LogP contribution in [0.15, 0.2) is 42.5 Å². The number of likely N-dealkylation sites (N-methyl/N-ethyl adjacent to an activating group) is 1. The summed E-state index contributed by atoms with van der Waals surface area (Å²) in [4.78, 5) is 14.4. The van der Waals surface area contributed by atoms with Gasteiger partial charge in [0.25, 0.3) is 5.91 Å². The van der Waals surface area contributed by atoms with Crippen molar-refractivity contribution in [3.8, 4) is 5.75 Å². The molecule has 0 aliphatic rings. The zero-order valence-corrected chi connectivity index (χ0v) is 14.4. The van der Waals surface area contributed by atoms with Crippen LogP contribution in [0.3, 0.4) is 0 Å². The van der Waals surface area contributed by atoms with Crippen LogP contribution in [-0.2, 0) is 0 Å². The van der Waals surface area contributed by atoms with E-state index in [0.29, 0.717) is 22.9 Å². The Labute approximate surface area is 142 Å². The first kappa shape index (κ1) is 17.3. The van der Waals surface area contributed by atoms with Gasteiger partial charge in [0.15, 0.2) is 0 Å². The van der Waals surface area contributed by atoms with E-state index in [4.69, 9.17) is 16.3 Å². The van der Waals surface area contributed by atoms with Crippen molar-refractivity contribution in [1.29, 1.82) is 0 Å². The maximum absolute atomic E-state index is 12.3. The smallest absolute Gasteiger partial charge is 0.255 e. The van der Waals surface area contributed by atoms with E-state index in [1.54, 1.807) is 24.3 Å². The standard InChI is InChI=1S/C18H21ClN2O2/c1-13-11-15(7-8-17(13)19)20-18(22)14-5-4-6-16(12-14)23-10-9-21(2)3/h4-8,11-12H,9-10H2,1-3H3,(H,20,22). The Hall–Kier alpha value is -2.04. The van der Waals surface area contributed by atoms with Gasteiger partial charge in [-0.15, -0.1) is 0 Å². The highest BCUT2D eigenvalue weighted by Crippen LogP contribution is 2.20. The van der Waals surface area contributed by atoms with Crippen molar-refractivity contribution in [2.45, 2.75) is 6.92 Å². The van der Waals surface area contributed by atoms with Gasteiger partial charge in [-0.1, -0.05) is 17.7 Å². The monoisotopic (exact) mass is 332 g/mol. The SMILES string of the molecule is Cc1cc(NC(=O)c2cccc(OCCN(C)C)c2)ccc1Cl. The molecule has 2 aromatic rings. The second kappa shape index (κ2) is 7.99. The molecule has 5 heteroatoms. The van der Waals surface area contributed by atoms with Crippen LogP contribution in [-0.4, -0.2) is 38.1 Å². The summed E-state index contributed by atoms with van der Waals surface area (Å²) >= 11 is 5.99. The molecule has 2 aromatic carbocycles. The van der Waals surface area contributed by atoms with Crippen LogP contribution < -0.4 is 10.1 Å². The molecule has 0 aliphatic carbocycles. The van der Waals surface area contributed by atoms with E-state index < -0.39 is 0 Å². The lowest BCUT2D eigenvalue weighted by molar-refractivity contribution is 0.102. The molecule has 1 N–H and O–H groups in total. The third kappa shape index (κ3) is 5.27. The topological polar surface area (TPSA) is 41.6 Å². The van der Waals surface area contributed by atoms with E-state index in [2.05, 4.69) is 5.32 Å². The highest BCUT2D eigenvalue weighted by molar-refractivity contribution is 6.31. The molecular formula is C18H21ClN2O2. The lowest BCUT2D eigenvalue weighted by Crippen LogP contribution is -2.19. The number of anilines is 1. The first-order valence-corrected chi connectivity index (χ1v) is 7.78. The summed E-state index contributed by atoms with van der Waals surface area (Å²) < 4.78 is 5.65. The summed E-state index contributed by atoms with van der Waals surface area (Å²) in [6.45, 7) is 3.30. The Kier molecular flexibility index (Phi) is 6.02. The molecule has 23 heavy (non-hydrogen) atoms. The second-order valence-corrected chi connectivity index (χ2v) is 6.00. The van der Waals surface area contributed by atoms with Crippen LogP contribution >= 0.6 is 11.6 Å². The molecule has 0 saturated heterocycles. The van der Waals surface area contributed by atoms with E-state index in [-0.39, 0.29) is 5.91 Å². The summed E-state index contributed by atoms with van der Waals surface area (Å²) in [7, 11) is 3.97. The normalized spacial score (nSPS) is 10.7. The van der Waals surface area contributed by atoms with E-state index in [1.165, 1.54) is 0 Å². The van der Waals surface area contributed by atoms with Crippen molar-refractivity contribution in [2.24, 2.45) is 0 Å². The van der Waals surface area contributed by atoms with Gasteiger partial charge in [-0.3, -0.25) is 4.79 Å². The molecule has 0 saturated carbocycles. The number of rotatable bonds is 6. The van der Waals surface area contributed by atoms with Gasteiger partial charge in [0.2, 0.25) is 0 Å². The predicted molar refractivity (Wildman–Crippen MR) is 94.6 cm³/mol. The molecular weight excluding hydrogens is 312 g/mol. The molecule has 0 fully saturated rings. The minimum atomic E-state index is -0.176. The van der Waals surface area contributed by atoms with Gasteiger partial charge < -0.3 is 15.0 Å². The average molecular weight is 333 g/mol. The molecule has 4 nitrogen and oxygen atoms in total. The molecule has 0 spiro atoms. The quantitative estimate of drug-likeness (QED) is 0.873. The lowest BCUT2D eigenvalue weighted by Gasteiger charge is -2.12. The molecule has 122 valence electrons. The molecule has 2 rings (SSSR count). The van der Waals surface area contributed by atoms with Crippen LogP contribution in [0.25, 0.3) is 0 Å². The molecule has 0 aromatic heterocycles. The largest absolute Gasteiger partial charge is 0.492 e. The number of aryl methyl sites for hydroxylation is 1. The molecule has 0 aliphatic heterocycles. The Morgan fingerprint density at radius 1 is 1.22 bits per heavy atom. The molecule has 0 atom stereocenters. The number of benzene rings is 2. The number of hydrogen-bond acceptors (Lipinski definition) is 3. The minimum absolute atomic E-state index is 0.176. The van der Waals surface area contributed by atoms with Gasteiger partial charge in [-0.05, 0) is 63.0 Å². The number of carbonyl (C=O) groups excluding carboxylic acids is 1.